The molecule has 0 aliphatic heterocycles. The molecule has 0 aromatic carbocycles. The summed E-state index contributed by atoms with van der Waals surface area (Å²) >= 11 is -0.653. The summed E-state index contributed by atoms with van der Waals surface area (Å²) in [6, 6.07) is 0.995. The number of rotatable bonds is 2. The molecule has 0 spiro atoms. The van der Waals surface area contributed by atoms with Gasteiger partial charge in [-0.25, -0.2) is 0 Å². The van der Waals surface area contributed by atoms with Crippen molar-refractivity contribution in [3.63, 3.8) is 0 Å². The Hall–Kier alpha value is 0.208. The Balaban J connectivity index is -0.000000200. The monoisotopic (exact) mass is 386 g/mol. The minimum Gasteiger partial charge on any atom is -0.668 e. The summed E-state index contributed by atoms with van der Waals surface area (Å²) in [4.78, 5) is 0. The topological polar surface area (TPSA) is 52.9 Å². The van der Waals surface area contributed by atoms with Crippen molar-refractivity contribution in [2.75, 3.05) is 28.2 Å². The van der Waals surface area contributed by atoms with Gasteiger partial charge in [0.15, 0.2) is 0 Å². The second-order valence-electron chi connectivity index (χ2n) is 3.37. The maximum absolute atomic E-state index is 4.36. The van der Waals surface area contributed by atoms with Gasteiger partial charge >= 0.3 is 65.0 Å². The van der Waals surface area contributed by atoms with E-state index in [1.807, 2.05) is 0 Å². The maximum atomic E-state index is 4.36. The van der Waals surface area contributed by atoms with Crippen molar-refractivity contribution in [1.29, 1.82) is 0 Å². The molecule has 0 amide bonds. The normalized spacial score (nSPS) is 8.40. The zero-order valence-corrected chi connectivity index (χ0v) is 14.3. The van der Waals surface area contributed by atoms with Crippen molar-refractivity contribution < 1.29 is 18.2 Å². The molecule has 0 unspecified atom stereocenters. The van der Waals surface area contributed by atoms with Gasteiger partial charge in [-0.15, -0.1) is 0 Å². The predicted molar refractivity (Wildman–Crippen MR) is 65.5 cm³/mol. The number of hydrogen-bond donors (Lipinski definition) is 0. The van der Waals surface area contributed by atoms with Crippen molar-refractivity contribution in [3.05, 3.63) is 10.6 Å². The van der Waals surface area contributed by atoms with Crippen molar-refractivity contribution >= 4 is 0 Å². The van der Waals surface area contributed by atoms with Gasteiger partial charge in [-0.3, -0.25) is 0 Å². The van der Waals surface area contributed by atoms with Gasteiger partial charge in [-0.2, -0.15) is 28.2 Å². The van der Waals surface area contributed by atoms with Gasteiger partial charge in [-0.05, 0) is 0 Å². The summed E-state index contributed by atoms with van der Waals surface area (Å²) in [6.45, 7) is 8.43. The van der Waals surface area contributed by atoms with Crippen molar-refractivity contribution in [1.82, 2.24) is 0 Å². The van der Waals surface area contributed by atoms with Crippen LogP contribution in [0.1, 0.15) is 27.7 Å². The van der Waals surface area contributed by atoms with E-state index in [0.29, 0.717) is 12.1 Å². The summed E-state index contributed by atoms with van der Waals surface area (Å²) < 4.78 is 8.73. The van der Waals surface area contributed by atoms with Gasteiger partial charge < -0.3 is 10.6 Å². The van der Waals surface area contributed by atoms with Crippen LogP contribution in [0.5, 0.6) is 0 Å². The SMILES string of the molecule is CC(C)[N]=[W]=[N]C(C)C.C[N-]C.C[N-]C. The Bertz CT molecular complexity index is 138. The summed E-state index contributed by atoms with van der Waals surface area (Å²) in [6.07, 6.45) is 0. The molecule has 4 nitrogen and oxygen atoms in total. The van der Waals surface area contributed by atoms with Gasteiger partial charge in [0, 0.05) is 0 Å². The zero-order chi connectivity index (χ0) is 12.7. The average molecular weight is 386 g/mol. The Morgan fingerprint density at radius 3 is 1.07 bits per heavy atom. The fourth-order valence-corrected chi connectivity index (χ4v) is 1.77. The number of hydrogen-bond acceptors (Lipinski definition) is 2. The first-order valence-electron chi connectivity index (χ1n) is 4.98. The third kappa shape index (κ3) is 54.9. The van der Waals surface area contributed by atoms with E-state index in [9.17, 15) is 0 Å². The van der Waals surface area contributed by atoms with E-state index < -0.39 is 18.2 Å². The molecule has 0 bridgehead atoms. The van der Waals surface area contributed by atoms with Crippen molar-refractivity contribution in [2.24, 2.45) is 6.99 Å². The summed E-state index contributed by atoms with van der Waals surface area (Å²) in [7, 11) is 7.00. The Morgan fingerprint density at radius 1 is 0.733 bits per heavy atom. The molecule has 0 fully saturated rings. The smallest absolute Gasteiger partial charge is 0.162 e. The second-order valence-corrected chi connectivity index (χ2v) is 5.48. The average Bonchev–Trinajstić information content (AvgIpc) is 2.05. The van der Waals surface area contributed by atoms with Gasteiger partial charge in [0.2, 0.25) is 0 Å². The van der Waals surface area contributed by atoms with Crippen LogP contribution in [0.2, 0.25) is 0 Å². The van der Waals surface area contributed by atoms with E-state index in [1.54, 1.807) is 28.2 Å². The molecule has 15 heavy (non-hydrogen) atoms. The molecule has 0 saturated heterocycles. The van der Waals surface area contributed by atoms with Gasteiger partial charge in [0.05, 0.1) is 0 Å². The Morgan fingerprint density at radius 2 is 0.933 bits per heavy atom. The van der Waals surface area contributed by atoms with Crippen LogP contribution in [0.3, 0.4) is 0 Å². The molecule has 0 radical (unpaired) electrons. The van der Waals surface area contributed by atoms with E-state index >= 15 is 0 Å². The standard InChI is InChI=1S/2C3H7N.2C2H6N.W/c2*1-3(2)4;2*1-3-2;/h2*3H,1-2H3;2*1-2H3;/q;;2*-1;. The van der Waals surface area contributed by atoms with Crippen molar-refractivity contribution in [3.8, 4) is 0 Å². The van der Waals surface area contributed by atoms with Crippen LogP contribution < -0.4 is 0 Å². The van der Waals surface area contributed by atoms with E-state index in [4.69, 9.17) is 0 Å². The van der Waals surface area contributed by atoms with E-state index in [0.717, 1.165) is 0 Å². The molecule has 0 aromatic rings. The quantitative estimate of drug-likeness (QED) is 0.698. The van der Waals surface area contributed by atoms with Gasteiger partial charge in [-0.1, -0.05) is 0 Å². The van der Waals surface area contributed by atoms with Crippen LogP contribution in [0.4, 0.5) is 0 Å². The summed E-state index contributed by atoms with van der Waals surface area (Å²) in [5.41, 5.74) is 0. The van der Waals surface area contributed by atoms with Crippen LogP contribution in [0.25, 0.3) is 10.6 Å². The molecular weight excluding hydrogens is 360 g/mol. The molecule has 0 aromatic heterocycles. The second kappa shape index (κ2) is 19.7. The molecule has 0 N–H and O–H groups in total. The largest absolute Gasteiger partial charge is 0.668 e. The molecule has 0 atom stereocenters. The molecule has 0 aliphatic carbocycles. The Kier molecular flexibility index (Phi) is 27.1. The fourth-order valence-electron chi connectivity index (χ4n) is 0.216. The molecule has 0 aliphatic rings. The van der Waals surface area contributed by atoms with Crippen LogP contribution in [0.15, 0.2) is 6.99 Å². The molecule has 0 rings (SSSR count). The van der Waals surface area contributed by atoms with Gasteiger partial charge in [0.25, 0.3) is 0 Å². The van der Waals surface area contributed by atoms with Crippen molar-refractivity contribution in [2.45, 2.75) is 39.8 Å². The van der Waals surface area contributed by atoms with Gasteiger partial charge in [0.1, 0.15) is 0 Å². The molecular formula is C10H26N4W-2. The van der Waals surface area contributed by atoms with Crippen LogP contribution >= 0.6 is 0 Å². The van der Waals surface area contributed by atoms with Crippen LogP contribution in [0, 0.1) is 0 Å². The third-order valence-electron chi connectivity index (χ3n) is 0.516. The minimum atomic E-state index is -0.653. The molecule has 94 valence electrons. The molecule has 0 saturated carbocycles. The number of nitrogens with zero attached hydrogens (tertiary/aromatic N) is 4. The minimum absolute atomic E-state index is 0.498. The van der Waals surface area contributed by atoms with E-state index in [1.165, 1.54) is 0 Å². The first-order valence-corrected chi connectivity index (χ1v) is 7.60. The van der Waals surface area contributed by atoms with Crippen LogP contribution in [-0.2, 0) is 18.2 Å². The summed E-state index contributed by atoms with van der Waals surface area (Å²) in [5.74, 6) is 0. The molecule has 0 heterocycles. The summed E-state index contributed by atoms with van der Waals surface area (Å²) in [5, 5.41) is 7.00. The van der Waals surface area contributed by atoms with E-state index in [2.05, 4.69) is 45.3 Å². The van der Waals surface area contributed by atoms with E-state index in [-0.39, 0.29) is 0 Å². The molecule has 5 heteroatoms. The fraction of sp³-hybridized carbons (Fsp3) is 1.00. The third-order valence-corrected chi connectivity index (χ3v) is 4.22. The predicted octanol–water partition coefficient (Wildman–Crippen LogP) is 3.49. The Labute approximate surface area is 104 Å². The first-order chi connectivity index (χ1) is 6.95. The van der Waals surface area contributed by atoms with Crippen LogP contribution in [-0.4, -0.2) is 40.3 Å². The first kappa shape index (κ1) is 20.6. The maximum Gasteiger partial charge on any atom is -0.162 e. The zero-order valence-electron chi connectivity index (χ0n) is 11.4.